The van der Waals surface area contributed by atoms with Crippen LogP contribution in [0.15, 0.2) is 0 Å². The molecule has 1 heterocycles. The van der Waals surface area contributed by atoms with Gasteiger partial charge in [0.05, 0.1) is 18.0 Å². The lowest BCUT2D eigenvalue weighted by molar-refractivity contribution is -0.139. The highest BCUT2D eigenvalue weighted by Gasteiger charge is 2.37. The number of rotatable bonds is 4. The van der Waals surface area contributed by atoms with Crippen molar-refractivity contribution >= 4 is 11.9 Å². The Morgan fingerprint density at radius 2 is 1.94 bits per heavy atom. The molecule has 0 spiro atoms. The molecule has 1 saturated heterocycles. The molecule has 2 aliphatic rings. The summed E-state index contributed by atoms with van der Waals surface area (Å²) >= 11 is 0. The van der Waals surface area contributed by atoms with Gasteiger partial charge in [0.2, 0.25) is 5.91 Å². The molecular weight excluding hydrogens is 232 g/mol. The normalized spacial score (nSPS) is 26.8. The fourth-order valence-electron chi connectivity index (χ4n) is 3.12. The number of hydrogen-bond acceptors (Lipinski definition) is 3. The molecule has 0 radical (unpaired) electrons. The molecule has 0 aromatic carbocycles. The molecule has 102 valence electrons. The number of carboxylic acid groups (broad SMARTS) is 1. The van der Waals surface area contributed by atoms with Crippen molar-refractivity contribution in [2.75, 3.05) is 6.54 Å². The van der Waals surface area contributed by atoms with Gasteiger partial charge in [-0.05, 0) is 32.2 Å². The molecule has 2 rings (SSSR count). The van der Waals surface area contributed by atoms with Gasteiger partial charge in [-0.3, -0.25) is 9.59 Å². The average molecular weight is 254 g/mol. The Hall–Kier alpha value is -1.10. The van der Waals surface area contributed by atoms with Crippen LogP contribution in [0.5, 0.6) is 0 Å². The van der Waals surface area contributed by atoms with Crippen molar-refractivity contribution in [3.8, 4) is 0 Å². The Morgan fingerprint density at radius 3 is 2.50 bits per heavy atom. The van der Waals surface area contributed by atoms with Crippen molar-refractivity contribution in [1.29, 1.82) is 0 Å². The molecule has 0 bridgehead atoms. The number of nitrogens with one attached hydrogen (secondary N) is 2. The second kappa shape index (κ2) is 5.69. The minimum atomic E-state index is -0.823. The zero-order valence-electron chi connectivity index (χ0n) is 10.7. The van der Waals surface area contributed by atoms with Gasteiger partial charge in [0.15, 0.2) is 0 Å². The Kier molecular flexibility index (Phi) is 4.22. The van der Waals surface area contributed by atoms with Crippen LogP contribution in [-0.4, -0.2) is 35.1 Å². The van der Waals surface area contributed by atoms with Gasteiger partial charge in [-0.25, -0.2) is 0 Å². The summed E-state index contributed by atoms with van der Waals surface area (Å²) in [6, 6.07) is -0.127. The van der Waals surface area contributed by atoms with Gasteiger partial charge >= 0.3 is 5.97 Å². The van der Waals surface area contributed by atoms with Gasteiger partial charge in [-0.15, -0.1) is 0 Å². The Bertz CT molecular complexity index is 318. The van der Waals surface area contributed by atoms with Crippen LogP contribution in [0.25, 0.3) is 0 Å². The Balaban J connectivity index is 1.99. The fourth-order valence-corrected chi connectivity index (χ4v) is 3.12. The summed E-state index contributed by atoms with van der Waals surface area (Å²) in [4.78, 5) is 23.1. The Morgan fingerprint density at radius 1 is 1.22 bits per heavy atom. The van der Waals surface area contributed by atoms with Crippen LogP contribution in [0.2, 0.25) is 0 Å². The van der Waals surface area contributed by atoms with Crippen LogP contribution in [0, 0.1) is 0 Å². The minimum absolute atomic E-state index is 0.0179. The van der Waals surface area contributed by atoms with Crippen LogP contribution in [0.4, 0.5) is 0 Å². The number of carbonyl (C=O) groups is 2. The number of amides is 1. The van der Waals surface area contributed by atoms with Gasteiger partial charge in [-0.2, -0.15) is 0 Å². The highest BCUT2D eigenvalue weighted by Crippen LogP contribution is 2.31. The SMILES string of the molecule is O=C(O)CC1(NC(=O)[C@@H]2CCCN2)CCCCC1. The van der Waals surface area contributed by atoms with Gasteiger partial charge in [0, 0.05) is 0 Å². The van der Waals surface area contributed by atoms with Crippen molar-refractivity contribution in [3.63, 3.8) is 0 Å². The van der Waals surface area contributed by atoms with Gasteiger partial charge in [-0.1, -0.05) is 19.3 Å². The third kappa shape index (κ3) is 3.22. The zero-order chi connectivity index (χ0) is 13.0. The second-order valence-electron chi connectivity index (χ2n) is 5.55. The van der Waals surface area contributed by atoms with E-state index >= 15 is 0 Å². The van der Waals surface area contributed by atoms with Crippen LogP contribution >= 0.6 is 0 Å². The Labute approximate surface area is 107 Å². The molecule has 3 N–H and O–H groups in total. The van der Waals surface area contributed by atoms with Crippen molar-refractivity contribution in [3.05, 3.63) is 0 Å². The quantitative estimate of drug-likeness (QED) is 0.700. The lowest BCUT2D eigenvalue weighted by Crippen LogP contribution is -2.55. The molecule has 18 heavy (non-hydrogen) atoms. The van der Waals surface area contributed by atoms with Crippen LogP contribution < -0.4 is 10.6 Å². The summed E-state index contributed by atoms with van der Waals surface area (Å²) < 4.78 is 0. The zero-order valence-corrected chi connectivity index (χ0v) is 10.7. The standard InChI is InChI=1S/C13H22N2O3/c16-11(17)9-13(6-2-1-3-7-13)15-12(18)10-5-4-8-14-10/h10,14H,1-9H2,(H,15,18)(H,16,17)/t10-/m0/s1. The largest absolute Gasteiger partial charge is 0.481 e. The molecule has 0 aromatic heterocycles. The van der Waals surface area contributed by atoms with Crippen molar-refractivity contribution in [2.24, 2.45) is 0 Å². The van der Waals surface area contributed by atoms with E-state index < -0.39 is 11.5 Å². The van der Waals surface area contributed by atoms with E-state index in [0.717, 1.165) is 51.5 Å². The molecule has 2 fully saturated rings. The average Bonchev–Trinajstić information content (AvgIpc) is 2.82. The lowest BCUT2D eigenvalue weighted by Gasteiger charge is -2.37. The molecule has 5 heteroatoms. The molecule has 5 nitrogen and oxygen atoms in total. The summed E-state index contributed by atoms with van der Waals surface area (Å²) in [5.41, 5.74) is -0.508. The molecule has 1 atom stereocenters. The second-order valence-corrected chi connectivity index (χ2v) is 5.55. The minimum Gasteiger partial charge on any atom is -0.481 e. The molecule has 1 saturated carbocycles. The van der Waals surface area contributed by atoms with E-state index in [1.54, 1.807) is 0 Å². The summed E-state index contributed by atoms with van der Waals surface area (Å²) in [5, 5.41) is 15.2. The smallest absolute Gasteiger partial charge is 0.305 e. The topological polar surface area (TPSA) is 78.4 Å². The fraction of sp³-hybridized carbons (Fsp3) is 0.846. The number of carboxylic acids is 1. The maximum atomic E-state index is 12.1. The number of carbonyl (C=O) groups excluding carboxylic acids is 1. The first-order valence-corrected chi connectivity index (χ1v) is 6.89. The van der Waals surface area contributed by atoms with E-state index in [9.17, 15) is 9.59 Å². The van der Waals surface area contributed by atoms with E-state index in [-0.39, 0.29) is 18.4 Å². The highest BCUT2D eigenvalue weighted by molar-refractivity contribution is 5.83. The van der Waals surface area contributed by atoms with Gasteiger partial charge < -0.3 is 15.7 Å². The lowest BCUT2D eigenvalue weighted by atomic mass is 9.79. The molecule has 0 unspecified atom stereocenters. The monoisotopic (exact) mass is 254 g/mol. The van der Waals surface area contributed by atoms with E-state index in [1.807, 2.05) is 0 Å². The first-order valence-electron chi connectivity index (χ1n) is 6.89. The third-order valence-corrected chi connectivity index (χ3v) is 4.07. The van der Waals surface area contributed by atoms with Crippen LogP contribution in [0.1, 0.15) is 51.4 Å². The van der Waals surface area contributed by atoms with Gasteiger partial charge in [0.25, 0.3) is 0 Å². The molecular formula is C13H22N2O3. The maximum Gasteiger partial charge on any atom is 0.305 e. The predicted octanol–water partition coefficient (Wildman–Crippen LogP) is 1.03. The molecule has 1 aliphatic carbocycles. The first-order chi connectivity index (χ1) is 8.61. The van der Waals surface area contributed by atoms with Crippen molar-refractivity contribution < 1.29 is 14.7 Å². The number of aliphatic carboxylic acids is 1. The van der Waals surface area contributed by atoms with Crippen LogP contribution in [-0.2, 0) is 9.59 Å². The van der Waals surface area contributed by atoms with Crippen molar-refractivity contribution in [2.45, 2.75) is 62.9 Å². The summed E-state index contributed by atoms with van der Waals surface area (Å²) in [7, 11) is 0. The summed E-state index contributed by atoms with van der Waals surface area (Å²) in [6.07, 6.45) is 6.65. The highest BCUT2D eigenvalue weighted by atomic mass is 16.4. The molecule has 1 aliphatic heterocycles. The third-order valence-electron chi connectivity index (χ3n) is 4.07. The summed E-state index contributed by atoms with van der Waals surface area (Å²) in [5.74, 6) is -0.841. The van der Waals surface area contributed by atoms with Crippen LogP contribution in [0.3, 0.4) is 0 Å². The molecule has 0 aromatic rings. The summed E-state index contributed by atoms with van der Waals surface area (Å²) in [6.45, 7) is 0.879. The molecule has 1 amide bonds. The maximum absolute atomic E-state index is 12.1. The van der Waals surface area contributed by atoms with E-state index in [0.29, 0.717) is 0 Å². The number of hydrogen-bond donors (Lipinski definition) is 3. The van der Waals surface area contributed by atoms with E-state index in [1.165, 1.54) is 0 Å². The van der Waals surface area contributed by atoms with Gasteiger partial charge in [0.1, 0.15) is 0 Å². The van der Waals surface area contributed by atoms with E-state index in [2.05, 4.69) is 10.6 Å². The van der Waals surface area contributed by atoms with E-state index in [4.69, 9.17) is 5.11 Å². The van der Waals surface area contributed by atoms with Crippen molar-refractivity contribution in [1.82, 2.24) is 10.6 Å². The predicted molar refractivity (Wildman–Crippen MR) is 67.2 cm³/mol. The first kappa shape index (κ1) is 13.3.